The van der Waals surface area contributed by atoms with Crippen molar-refractivity contribution < 1.29 is 4.42 Å². The molecule has 23 heavy (non-hydrogen) atoms. The highest BCUT2D eigenvalue weighted by Crippen LogP contribution is 2.26. The Labute approximate surface area is 146 Å². The Morgan fingerprint density at radius 3 is 2.57 bits per heavy atom. The lowest BCUT2D eigenvalue weighted by Crippen LogP contribution is -1.72. The van der Waals surface area contributed by atoms with Gasteiger partial charge >= 0.3 is 0 Å². The molecule has 2 heterocycles. The summed E-state index contributed by atoms with van der Waals surface area (Å²) in [7, 11) is 0. The summed E-state index contributed by atoms with van der Waals surface area (Å²) in [5, 5.41) is 0.979. The van der Waals surface area contributed by atoms with E-state index in [1.54, 1.807) is 11.3 Å². The van der Waals surface area contributed by atoms with Crippen molar-refractivity contribution in [1.29, 1.82) is 0 Å². The van der Waals surface area contributed by atoms with Crippen LogP contribution < -0.4 is 0 Å². The van der Waals surface area contributed by atoms with E-state index in [2.05, 4.69) is 27.0 Å². The van der Waals surface area contributed by atoms with Crippen LogP contribution in [0.1, 0.15) is 10.8 Å². The second-order valence-corrected chi connectivity index (χ2v) is 7.04. The molecule has 4 aromatic rings. The van der Waals surface area contributed by atoms with Crippen molar-refractivity contribution in [2.24, 2.45) is 0 Å². The quantitative estimate of drug-likeness (QED) is 0.405. The van der Waals surface area contributed by atoms with E-state index in [-0.39, 0.29) is 0 Å². The molecule has 0 aliphatic rings. The van der Waals surface area contributed by atoms with E-state index in [0.29, 0.717) is 0 Å². The number of nitrogens with zero attached hydrogens (tertiary/aromatic N) is 1. The Morgan fingerprint density at radius 2 is 1.74 bits per heavy atom. The zero-order valence-electron chi connectivity index (χ0n) is 12.1. The summed E-state index contributed by atoms with van der Waals surface area (Å²) in [5.41, 5.74) is 2.10. The number of rotatable bonds is 3. The summed E-state index contributed by atoms with van der Waals surface area (Å²) in [5.74, 6) is 1.68. The Hall–Kier alpha value is -2.17. The van der Waals surface area contributed by atoms with Crippen molar-refractivity contribution in [3.05, 3.63) is 75.9 Å². The van der Waals surface area contributed by atoms with Gasteiger partial charge in [-0.2, -0.15) is 0 Å². The zero-order valence-corrected chi connectivity index (χ0v) is 14.5. The topological polar surface area (TPSA) is 26.0 Å². The molecule has 4 rings (SSSR count). The maximum atomic E-state index is 5.88. The van der Waals surface area contributed by atoms with E-state index in [1.165, 1.54) is 4.70 Å². The number of benzene rings is 2. The van der Waals surface area contributed by atoms with Crippen LogP contribution in [-0.4, -0.2) is 4.98 Å². The monoisotopic (exact) mass is 381 g/mol. The SMILES string of the molecule is Brc1ccc(-c2ccc(C=Cc3nc4ccccc4s3)o2)cc1. The normalized spacial score (nSPS) is 11.5. The maximum Gasteiger partial charge on any atom is 0.134 e. The molecule has 2 aromatic heterocycles. The number of halogens is 1. The first kappa shape index (κ1) is 14.4. The molecule has 0 unspecified atom stereocenters. The standard InChI is InChI=1S/C19H12BrNOS/c20-14-7-5-13(6-8-14)17-11-9-15(22-17)10-12-19-21-16-3-1-2-4-18(16)23-19/h1-12H. The number of fused-ring (bicyclic) bond motifs is 1. The first-order chi connectivity index (χ1) is 11.3. The van der Waals surface area contributed by atoms with E-state index >= 15 is 0 Å². The summed E-state index contributed by atoms with van der Waals surface area (Å²) in [6.07, 6.45) is 3.95. The smallest absolute Gasteiger partial charge is 0.134 e. The Kier molecular flexibility index (Phi) is 3.85. The molecule has 2 nitrogen and oxygen atoms in total. The number of furan rings is 1. The average molecular weight is 382 g/mol. The van der Waals surface area contributed by atoms with Gasteiger partial charge in [0.1, 0.15) is 16.5 Å². The predicted molar refractivity (Wildman–Crippen MR) is 100 cm³/mol. The fourth-order valence-corrected chi connectivity index (χ4v) is 3.46. The zero-order chi connectivity index (χ0) is 15.6. The third-order valence-corrected chi connectivity index (χ3v) is 4.99. The summed E-state index contributed by atoms with van der Waals surface area (Å²) in [6, 6.07) is 20.2. The number of hydrogen-bond donors (Lipinski definition) is 0. The van der Waals surface area contributed by atoms with Crippen LogP contribution in [0.15, 0.2) is 69.6 Å². The van der Waals surface area contributed by atoms with Gasteiger partial charge in [0.05, 0.1) is 10.2 Å². The van der Waals surface area contributed by atoms with Crippen molar-refractivity contribution in [3.8, 4) is 11.3 Å². The minimum Gasteiger partial charge on any atom is -0.457 e. The molecule has 112 valence electrons. The lowest BCUT2D eigenvalue weighted by atomic mass is 10.2. The molecule has 0 aliphatic heterocycles. The molecule has 0 aliphatic carbocycles. The van der Waals surface area contributed by atoms with Crippen molar-refractivity contribution in [3.63, 3.8) is 0 Å². The van der Waals surface area contributed by atoms with Gasteiger partial charge in [-0.05, 0) is 48.6 Å². The minimum absolute atomic E-state index is 0.821. The van der Waals surface area contributed by atoms with Crippen LogP contribution in [0.25, 0.3) is 33.7 Å². The van der Waals surface area contributed by atoms with Crippen LogP contribution in [0, 0.1) is 0 Å². The summed E-state index contributed by atoms with van der Waals surface area (Å²) >= 11 is 5.12. The lowest BCUT2D eigenvalue weighted by Gasteiger charge is -1.96. The van der Waals surface area contributed by atoms with Crippen LogP contribution in [0.2, 0.25) is 0 Å². The van der Waals surface area contributed by atoms with Crippen LogP contribution >= 0.6 is 27.3 Å². The molecule has 0 fully saturated rings. The predicted octanol–water partition coefficient (Wildman–Crippen LogP) is 6.49. The average Bonchev–Trinajstić information content (AvgIpc) is 3.20. The fourth-order valence-electron chi connectivity index (χ4n) is 2.33. The number of hydrogen-bond acceptors (Lipinski definition) is 3. The molecule has 0 saturated heterocycles. The van der Waals surface area contributed by atoms with E-state index in [1.807, 2.05) is 66.7 Å². The number of thiazole rings is 1. The van der Waals surface area contributed by atoms with Crippen LogP contribution in [-0.2, 0) is 0 Å². The third kappa shape index (κ3) is 3.14. The van der Waals surface area contributed by atoms with Crippen molar-refractivity contribution in [1.82, 2.24) is 4.98 Å². The van der Waals surface area contributed by atoms with Gasteiger partial charge < -0.3 is 4.42 Å². The fraction of sp³-hybridized carbons (Fsp3) is 0. The molecule has 4 heteroatoms. The van der Waals surface area contributed by atoms with Gasteiger partial charge in [0, 0.05) is 10.0 Å². The molecule has 0 radical (unpaired) electrons. The summed E-state index contributed by atoms with van der Waals surface area (Å²) in [4.78, 5) is 4.59. The molecular weight excluding hydrogens is 370 g/mol. The molecular formula is C19H12BrNOS. The summed E-state index contributed by atoms with van der Waals surface area (Å²) < 4.78 is 8.14. The second-order valence-electron chi connectivity index (χ2n) is 5.06. The number of aromatic nitrogens is 1. The largest absolute Gasteiger partial charge is 0.457 e. The van der Waals surface area contributed by atoms with Crippen molar-refractivity contribution in [2.45, 2.75) is 0 Å². The highest BCUT2D eigenvalue weighted by atomic mass is 79.9. The van der Waals surface area contributed by atoms with Gasteiger partial charge in [-0.3, -0.25) is 0 Å². The molecule has 0 saturated carbocycles. The highest BCUT2D eigenvalue weighted by molar-refractivity contribution is 9.10. The Morgan fingerprint density at radius 1 is 0.913 bits per heavy atom. The van der Waals surface area contributed by atoms with E-state index in [0.717, 1.165) is 32.1 Å². The molecule has 0 N–H and O–H groups in total. The number of para-hydroxylation sites is 1. The maximum absolute atomic E-state index is 5.88. The Balaban J connectivity index is 1.58. The Bertz CT molecular complexity index is 949. The van der Waals surface area contributed by atoms with Gasteiger partial charge in [0.2, 0.25) is 0 Å². The van der Waals surface area contributed by atoms with Crippen molar-refractivity contribution >= 4 is 49.6 Å². The highest BCUT2D eigenvalue weighted by Gasteiger charge is 2.04. The van der Waals surface area contributed by atoms with E-state index < -0.39 is 0 Å². The molecule has 0 spiro atoms. The van der Waals surface area contributed by atoms with Gasteiger partial charge in [-0.1, -0.05) is 40.2 Å². The molecule has 2 aromatic carbocycles. The van der Waals surface area contributed by atoms with Crippen molar-refractivity contribution in [2.75, 3.05) is 0 Å². The first-order valence-electron chi connectivity index (χ1n) is 7.17. The van der Waals surface area contributed by atoms with E-state index in [9.17, 15) is 0 Å². The van der Waals surface area contributed by atoms with E-state index in [4.69, 9.17) is 4.42 Å². The first-order valence-corrected chi connectivity index (χ1v) is 8.78. The van der Waals surface area contributed by atoms with Crippen LogP contribution in [0.4, 0.5) is 0 Å². The van der Waals surface area contributed by atoms with Crippen LogP contribution in [0.3, 0.4) is 0 Å². The van der Waals surface area contributed by atoms with Crippen LogP contribution in [0.5, 0.6) is 0 Å². The van der Waals surface area contributed by atoms with Gasteiger partial charge in [-0.25, -0.2) is 4.98 Å². The third-order valence-electron chi connectivity index (χ3n) is 3.46. The second kappa shape index (κ2) is 6.14. The molecule has 0 amide bonds. The van der Waals surface area contributed by atoms with Gasteiger partial charge in [0.25, 0.3) is 0 Å². The summed E-state index contributed by atoms with van der Waals surface area (Å²) in [6.45, 7) is 0. The molecule has 0 bridgehead atoms. The van der Waals surface area contributed by atoms with Gasteiger partial charge in [0.15, 0.2) is 0 Å². The molecule has 0 atom stereocenters. The lowest BCUT2D eigenvalue weighted by molar-refractivity contribution is 0.572. The van der Waals surface area contributed by atoms with Gasteiger partial charge in [-0.15, -0.1) is 11.3 Å². The minimum atomic E-state index is 0.821.